The number of urea groups is 1. The lowest BCUT2D eigenvalue weighted by Crippen LogP contribution is -2.60. The third kappa shape index (κ3) is 4.19. The summed E-state index contributed by atoms with van der Waals surface area (Å²) in [5.41, 5.74) is 0.986. The molecule has 2 heterocycles. The van der Waals surface area contributed by atoms with Gasteiger partial charge in [0.05, 0.1) is 12.7 Å². The molecule has 1 saturated heterocycles. The molecule has 0 spiro atoms. The van der Waals surface area contributed by atoms with Crippen molar-refractivity contribution in [2.45, 2.75) is 26.7 Å². The standard InChI is InChI=1S/C19H23N3O5S/c1-5-7-9-22-17(24)13(16(23)21(8-6-2)19(22)26)10-20-15-14(18(25)27-4)12(3)11-28-15/h6,10-11,13H,2,5,7-9H2,1,3-4H3. The van der Waals surface area contributed by atoms with Gasteiger partial charge in [0.2, 0.25) is 11.8 Å². The number of imide groups is 2. The van der Waals surface area contributed by atoms with Gasteiger partial charge in [0.1, 0.15) is 5.00 Å². The lowest BCUT2D eigenvalue weighted by molar-refractivity contribution is -0.145. The average Bonchev–Trinajstić information content (AvgIpc) is 3.05. The fourth-order valence-electron chi connectivity index (χ4n) is 2.74. The quantitative estimate of drug-likeness (QED) is 0.287. The van der Waals surface area contributed by atoms with Gasteiger partial charge in [0.25, 0.3) is 0 Å². The first kappa shape index (κ1) is 21.5. The summed E-state index contributed by atoms with van der Waals surface area (Å²) < 4.78 is 4.76. The molecule has 0 aliphatic carbocycles. The SMILES string of the molecule is C=CCN1C(=O)C(C=Nc2scc(C)c2C(=O)OC)C(=O)N(CCCC)C1=O. The largest absolute Gasteiger partial charge is 0.465 e. The summed E-state index contributed by atoms with van der Waals surface area (Å²) >= 11 is 1.21. The zero-order valence-electron chi connectivity index (χ0n) is 16.1. The van der Waals surface area contributed by atoms with Crippen molar-refractivity contribution in [3.05, 3.63) is 29.2 Å². The molecule has 28 heavy (non-hydrogen) atoms. The molecule has 1 unspecified atom stereocenters. The molecule has 1 aliphatic rings. The number of amides is 4. The second-order valence-electron chi connectivity index (χ2n) is 6.21. The fourth-order valence-corrected chi connectivity index (χ4v) is 3.63. The molecule has 1 aromatic heterocycles. The number of aliphatic imine (C=N–C) groups is 1. The maximum absolute atomic E-state index is 12.8. The van der Waals surface area contributed by atoms with Crippen LogP contribution in [0.3, 0.4) is 0 Å². The van der Waals surface area contributed by atoms with E-state index in [1.807, 2.05) is 6.92 Å². The highest BCUT2D eigenvalue weighted by molar-refractivity contribution is 7.14. The van der Waals surface area contributed by atoms with Crippen LogP contribution in [0.25, 0.3) is 0 Å². The van der Waals surface area contributed by atoms with Crippen LogP contribution in [0.1, 0.15) is 35.7 Å². The van der Waals surface area contributed by atoms with Gasteiger partial charge >= 0.3 is 12.0 Å². The van der Waals surface area contributed by atoms with Crippen molar-refractivity contribution >= 4 is 46.4 Å². The van der Waals surface area contributed by atoms with E-state index in [0.29, 0.717) is 22.5 Å². The van der Waals surface area contributed by atoms with Gasteiger partial charge in [-0.15, -0.1) is 17.9 Å². The average molecular weight is 405 g/mol. The van der Waals surface area contributed by atoms with Crippen molar-refractivity contribution in [1.82, 2.24) is 9.80 Å². The molecular weight excluding hydrogens is 382 g/mol. The Balaban J connectivity index is 2.37. The van der Waals surface area contributed by atoms with Crippen molar-refractivity contribution in [3.63, 3.8) is 0 Å². The normalized spacial score (nSPS) is 17.5. The van der Waals surface area contributed by atoms with Gasteiger partial charge in [-0.1, -0.05) is 19.4 Å². The van der Waals surface area contributed by atoms with Gasteiger partial charge in [-0.25, -0.2) is 14.6 Å². The minimum atomic E-state index is -1.23. The number of unbranched alkanes of at least 4 members (excludes halogenated alkanes) is 1. The molecule has 1 atom stereocenters. The van der Waals surface area contributed by atoms with Crippen LogP contribution in [0, 0.1) is 12.8 Å². The molecule has 0 bridgehead atoms. The number of hydrogen-bond acceptors (Lipinski definition) is 7. The van der Waals surface area contributed by atoms with Crippen LogP contribution in [-0.2, 0) is 14.3 Å². The maximum atomic E-state index is 12.8. The third-order valence-corrected chi connectivity index (χ3v) is 5.26. The van der Waals surface area contributed by atoms with Crippen LogP contribution in [0.4, 0.5) is 9.80 Å². The van der Waals surface area contributed by atoms with Gasteiger partial charge in [-0.3, -0.25) is 19.4 Å². The fraction of sp³-hybridized carbons (Fsp3) is 0.421. The number of barbiturate groups is 1. The molecule has 0 N–H and O–H groups in total. The minimum absolute atomic E-state index is 0.00341. The summed E-state index contributed by atoms with van der Waals surface area (Å²) in [7, 11) is 1.27. The lowest BCUT2D eigenvalue weighted by Gasteiger charge is -2.35. The molecular formula is C19H23N3O5S. The van der Waals surface area contributed by atoms with E-state index in [1.165, 1.54) is 30.7 Å². The summed E-state index contributed by atoms with van der Waals surface area (Å²) in [5, 5.41) is 2.09. The number of rotatable bonds is 8. The van der Waals surface area contributed by atoms with Gasteiger partial charge in [-0.2, -0.15) is 0 Å². The number of methoxy groups -OCH3 is 1. The van der Waals surface area contributed by atoms with Crippen molar-refractivity contribution in [2.24, 2.45) is 10.9 Å². The van der Waals surface area contributed by atoms with Crippen LogP contribution in [0.15, 0.2) is 23.0 Å². The van der Waals surface area contributed by atoms with E-state index in [-0.39, 0.29) is 13.1 Å². The molecule has 4 amide bonds. The minimum Gasteiger partial charge on any atom is -0.465 e. The molecule has 2 rings (SSSR count). The number of esters is 1. The first-order chi connectivity index (χ1) is 13.4. The van der Waals surface area contributed by atoms with E-state index in [9.17, 15) is 19.2 Å². The Kier molecular flexibility index (Phi) is 7.22. The predicted octanol–water partition coefficient (Wildman–Crippen LogP) is 2.94. The van der Waals surface area contributed by atoms with Crippen LogP contribution in [0.5, 0.6) is 0 Å². The van der Waals surface area contributed by atoms with Gasteiger partial charge in [0.15, 0.2) is 5.92 Å². The van der Waals surface area contributed by atoms with E-state index in [4.69, 9.17) is 4.74 Å². The second-order valence-corrected chi connectivity index (χ2v) is 7.07. The third-order valence-electron chi connectivity index (χ3n) is 4.26. The number of hydrogen-bond donors (Lipinski definition) is 0. The molecule has 1 aliphatic heterocycles. The summed E-state index contributed by atoms with van der Waals surface area (Å²) in [5.74, 6) is -3.04. The van der Waals surface area contributed by atoms with E-state index < -0.39 is 29.7 Å². The van der Waals surface area contributed by atoms with E-state index in [2.05, 4.69) is 11.6 Å². The van der Waals surface area contributed by atoms with Crippen molar-refractivity contribution in [1.29, 1.82) is 0 Å². The second kappa shape index (κ2) is 9.41. The number of nitrogens with zero attached hydrogens (tertiary/aromatic N) is 3. The molecule has 0 aromatic carbocycles. The highest BCUT2D eigenvalue weighted by Crippen LogP contribution is 2.31. The Morgan fingerprint density at radius 3 is 2.61 bits per heavy atom. The number of ether oxygens (including phenoxy) is 1. The molecule has 1 fully saturated rings. The van der Waals surface area contributed by atoms with E-state index in [0.717, 1.165) is 16.2 Å². The molecule has 150 valence electrons. The van der Waals surface area contributed by atoms with Crippen LogP contribution in [-0.4, -0.2) is 60.0 Å². The molecule has 9 heteroatoms. The first-order valence-corrected chi connectivity index (χ1v) is 9.73. The zero-order valence-corrected chi connectivity index (χ0v) is 17.0. The van der Waals surface area contributed by atoms with Gasteiger partial charge in [0, 0.05) is 19.3 Å². The number of carbonyl (C=O) groups excluding carboxylic acids is 4. The number of carbonyl (C=O) groups is 4. The zero-order chi connectivity index (χ0) is 20.8. The molecule has 0 radical (unpaired) electrons. The summed E-state index contributed by atoms with van der Waals surface area (Å²) in [4.78, 5) is 56.2. The Bertz CT molecular complexity index is 830. The predicted molar refractivity (Wildman–Crippen MR) is 106 cm³/mol. The number of aryl methyl sites for hydroxylation is 1. The molecule has 0 saturated carbocycles. The highest BCUT2D eigenvalue weighted by atomic mass is 32.1. The Morgan fingerprint density at radius 1 is 1.32 bits per heavy atom. The summed E-state index contributed by atoms with van der Waals surface area (Å²) in [6, 6.07) is -0.643. The first-order valence-electron chi connectivity index (χ1n) is 8.85. The lowest BCUT2D eigenvalue weighted by atomic mass is 10.0. The van der Waals surface area contributed by atoms with Crippen LogP contribution in [0.2, 0.25) is 0 Å². The summed E-state index contributed by atoms with van der Waals surface area (Å²) in [6.07, 6.45) is 4.05. The monoisotopic (exact) mass is 405 g/mol. The highest BCUT2D eigenvalue weighted by Gasteiger charge is 2.44. The van der Waals surface area contributed by atoms with Crippen molar-refractivity contribution in [2.75, 3.05) is 20.2 Å². The Labute approximate surface area is 167 Å². The van der Waals surface area contributed by atoms with Crippen molar-refractivity contribution in [3.8, 4) is 0 Å². The van der Waals surface area contributed by atoms with E-state index >= 15 is 0 Å². The van der Waals surface area contributed by atoms with Crippen LogP contribution >= 0.6 is 11.3 Å². The van der Waals surface area contributed by atoms with Gasteiger partial charge in [-0.05, 0) is 24.3 Å². The molecule has 1 aromatic rings. The number of thiophene rings is 1. The Morgan fingerprint density at radius 2 is 2.00 bits per heavy atom. The summed E-state index contributed by atoms with van der Waals surface area (Å²) in [6.45, 7) is 7.48. The maximum Gasteiger partial charge on any atom is 0.341 e. The smallest absolute Gasteiger partial charge is 0.341 e. The topological polar surface area (TPSA) is 96.3 Å². The van der Waals surface area contributed by atoms with E-state index in [1.54, 1.807) is 12.3 Å². The van der Waals surface area contributed by atoms with Crippen LogP contribution < -0.4 is 0 Å². The van der Waals surface area contributed by atoms with Gasteiger partial charge < -0.3 is 4.74 Å². The van der Waals surface area contributed by atoms with Crippen molar-refractivity contribution < 1.29 is 23.9 Å². The molecule has 8 nitrogen and oxygen atoms in total. The Hall–Kier alpha value is -2.81.